The van der Waals surface area contributed by atoms with Crippen molar-refractivity contribution in [1.82, 2.24) is 15.1 Å². The number of nitrogens with one attached hydrogen (secondary N) is 1. The van der Waals surface area contributed by atoms with Gasteiger partial charge in [-0.05, 0) is 44.3 Å². The quantitative estimate of drug-likeness (QED) is 0.918. The smallest absolute Gasteiger partial charge is 0.138 e. The molecule has 1 fully saturated rings. The van der Waals surface area contributed by atoms with Crippen LogP contribution in [0, 0.1) is 5.92 Å². The molecule has 4 heteroatoms. The van der Waals surface area contributed by atoms with E-state index >= 15 is 0 Å². The molecule has 1 aromatic carbocycles. The van der Waals surface area contributed by atoms with E-state index in [1.807, 2.05) is 29.9 Å². The number of para-hydroxylation sites is 1. The van der Waals surface area contributed by atoms with Gasteiger partial charge in [-0.15, -0.1) is 0 Å². The summed E-state index contributed by atoms with van der Waals surface area (Å²) >= 11 is 0. The van der Waals surface area contributed by atoms with Crippen LogP contribution in [-0.4, -0.2) is 28.7 Å². The number of aromatic nitrogens is 2. The average molecular weight is 285 g/mol. The zero-order valence-electron chi connectivity index (χ0n) is 12.6. The van der Waals surface area contributed by atoms with E-state index in [4.69, 9.17) is 0 Å². The van der Waals surface area contributed by atoms with Crippen LogP contribution in [0.2, 0.25) is 0 Å². The Balaban J connectivity index is 1.61. The fourth-order valence-corrected chi connectivity index (χ4v) is 3.23. The number of nitrogens with zero attached hydrogens (tertiary/aromatic N) is 2. The van der Waals surface area contributed by atoms with Gasteiger partial charge in [0, 0.05) is 18.9 Å². The van der Waals surface area contributed by atoms with Crippen LogP contribution in [0.3, 0.4) is 0 Å². The minimum absolute atomic E-state index is 0.310. The van der Waals surface area contributed by atoms with E-state index < -0.39 is 0 Å². The van der Waals surface area contributed by atoms with Gasteiger partial charge in [-0.2, -0.15) is 5.10 Å². The van der Waals surface area contributed by atoms with E-state index in [1.165, 1.54) is 12.8 Å². The highest BCUT2D eigenvalue weighted by Crippen LogP contribution is 2.20. The SMILES string of the molecule is Cn1nc(CC(=O)CCC2CCCNC2)c2ccccc21. The van der Waals surface area contributed by atoms with Crippen LogP contribution in [0.15, 0.2) is 24.3 Å². The van der Waals surface area contributed by atoms with Crippen molar-refractivity contribution < 1.29 is 4.79 Å². The minimum Gasteiger partial charge on any atom is -0.316 e. The van der Waals surface area contributed by atoms with Gasteiger partial charge in [-0.1, -0.05) is 18.2 Å². The van der Waals surface area contributed by atoms with Gasteiger partial charge in [-0.3, -0.25) is 9.48 Å². The van der Waals surface area contributed by atoms with E-state index in [-0.39, 0.29) is 0 Å². The summed E-state index contributed by atoms with van der Waals surface area (Å²) < 4.78 is 1.86. The molecule has 3 rings (SSSR count). The summed E-state index contributed by atoms with van der Waals surface area (Å²) in [6, 6.07) is 8.11. The molecular formula is C17H23N3O. The normalized spacial score (nSPS) is 19.0. The lowest BCUT2D eigenvalue weighted by Crippen LogP contribution is -2.30. The molecule has 21 heavy (non-hydrogen) atoms. The molecule has 0 bridgehead atoms. The van der Waals surface area contributed by atoms with E-state index in [9.17, 15) is 4.79 Å². The Morgan fingerprint density at radius 3 is 3.10 bits per heavy atom. The Morgan fingerprint density at radius 1 is 1.43 bits per heavy atom. The molecule has 112 valence electrons. The van der Waals surface area contributed by atoms with Gasteiger partial charge in [0.05, 0.1) is 17.6 Å². The van der Waals surface area contributed by atoms with Gasteiger partial charge in [0.2, 0.25) is 0 Å². The number of piperidine rings is 1. The fourth-order valence-electron chi connectivity index (χ4n) is 3.23. The largest absolute Gasteiger partial charge is 0.316 e. The second-order valence-corrected chi connectivity index (χ2v) is 6.05. The molecule has 0 saturated carbocycles. The lowest BCUT2D eigenvalue weighted by molar-refractivity contribution is -0.118. The van der Waals surface area contributed by atoms with Crippen LogP contribution in [0.4, 0.5) is 0 Å². The number of Topliss-reactive ketones (excluding diaryl/α,β-unsaturated/α-hetero) is 1. The predicted octanol–water partition coefficient (Wildman–Crippen LogP) is 2.46. The number of hydrogen-bond acceptors (Lipinski definition) is 3. The number of ketones is 1. The molecule has 2 aromatic rings. The highest BCUT2D eigenvalue weighted by Gasteiger charge is 2.16. The lowest BCUT2D eigenvalue weighted by Gasteiger charge is -2.22. The van der Waals surface area contributed by atoms with Crippen molar-refractivity contribution in [2.45, 2.75) is 32.1 Å². The zero-order valence-corrected chi connectivity index (χ0v) is 12.6. The molecule has 1 saturated heterocycles. The Hall–Kier alpha value is -1.68. The first-order chi connectivity index (χ1) is 10.2. The number of benzene rings is 1. The second kappa shape index (κ2) is 6.39. The third-order valence-corrected chi connectivity index (χ3v) is 4.43. The molecule has 0 radical (unpaired) electrons. The van der Waals surface area contributed by atoms with Crippen LogP contribution in [-0.2, 0) is 18.3 Å². The summed E-state index contributed by atoms with van der Waals surface area (Å²) in [5.41, 5.74) is 2.01. The van der Waals surface area contributed by atoms with Gasteiger partial charge in [-0.25, -0.2) is 0 Å². The van der Waals surface area contributed by atoms with Crippen LogP contribution in [0.1, 0.15) is 31.4 Å². The Kier molecular flexibility index (Phi) is 4.34. The summed E-state index contributed by atoms with van der Waals surface area (Å²) in [5.74, 6) is 0.979. The fraction of sp³-hybridized carbons (Fsp3) is 0.529. The first-order valence-electron chi connectivity index (χ1n) is 7.87. The Labute approximate surface area is 125 Å². The topological polar surface area (TPSA) is 46.9 Å². The van der Waals surface area contributed by atoms with Crippen LogP contribution in [0.5, 0.6) is 0 Å². The van der Waals surface area contributed by atoms with Crippen molar-refractivity contribution in [2.24, 2.45) is 13.0 Å². The molecule has 0 amide bonds. The molecule has 1 atom stereocenters. The van der Waals surface area contributed by atoms with Crippen molar-refractivity contribution in [3.63, 3.8) is 0 Å². The maximum atomic E-state index is 12.2. The van der Waals surface area contributed by atoms with Crippen molar-refractivity contribution in [3.05, 3.63) is 30.0 Å². The van der Waals surface area contributed by atoms with E-state index in [0.29, 0.717) is 24.5 Å². The van der Waals surface area contributed by atoms with Gasteiger partial charge in [0.1, 0.15) is 5.78 Å². The molecular weight excluding hydrogens is 262 g/mol. The Bertz CT molecular complexity index is 626. The highest BCUT2D eigenvalue weighted by atomic mass is 16.1. The van der Waals surface area contributed by atoms with Crippen molar-refractivity contribution in [2.75, 3.05) is 13.1 Å². The van der Waals surface area contributed by atoms with Gasteiger partial charge in [0.15, 0.2) is 0 Å². The van der Waals surface area contributed by atoms with Crippen LogP contribution >= 0.6 is 0 Å². The molecule has 2 heterocycles. The monoisotopic (exact) mass is 285 g/mol. The lowest BCUT2D eigenvalue weighted by atomic mass is 9.93. The second-order valence-electron chi connectivity index (χ2n) is 6.05. The summed E-state index contributed by atoms with van der Waals surface area (Å²) in [7, 11) is 1.93. The molecule has 1 N–H and O–H groups in total. The standard InChI is InChI=1S/C17H23N3O/c1-20-17-7-3-2-6-15(17)16(19-20)11-14(21)9-8-13-5-4-10-18-12-13/h2-3,6-7,13,18H,4-5,8-12H2,1H3. The van der Waals surface area contributed by atoms with Crippen LogP contribution < -0.4 is 5.32 Å². The first-order valence-corrected chi connectivity index (χ1v) is 7.87. The number of rotatable bonds is 5. The van der Waals surface area contributed by atoms with Crippen LogP contribution in [0.25, 0.3) is 10.9 Å². The first kappa shape index (κ1) is 14.3. The number of fused-ring (bicyclic) bond motifs is 1. The Morgan fingerprint density at radius 2 is 2.29 bits per heavy atom. The number of aryl methyl sites for hydroxylation is 1. The third-order valence-electron chi connectivity index (χ3n) is 4.43. The highest BCUT2D eigenvalue weighted by molar-refractivity contribution is 5.88. The molecule has 0 spiro atoms. The van der Waals surface area contributed by atoms with Crippen molar-refractivity contribution in [3.8, 4) is 0 Å². The number of hydrogen-bond donors (Lipinski definition) is 1. The minimum atomic E-state index is 0.310. The van der Waals surface area contributed by atoms with E-state index in [0.717, 1.165) is 36.1 Å². The van der Waals surface area contributed by atoms with Crippen molar-refractivity contribution >= 4 is 16.7 Å². The van der Waals surface area contributed by atoms with E-state index in [1.54, 1.807) is 0 Å². The number of carbonyl (C=O) groups is 1. The van der Waals surface area contributed by atoms with Gasteiger partial charge < -0.3 is 5.32 Å². The third kappa shape index (κ3) is 3.32. The van der Waals surface area contributed by atoms with Gasteiger partial charge >= 0.3 is 0 Å². The molecule has 1 aliphatic rings. The predicted molar refractivity (Wildman–Crippen MR) is 84.3 cm³/mol. The molecule has 1 aliphatic heterocycles. The molecule has 1 aromatic heterocycles. The summed E-state index contributed by atoms with van der Waals surface area (Å²) in [6.45, 7) is 2.20. The molecule has 1 unspecified atom stereocenters. The zero-order chi connectivity index (χ0) is 14.7. The van der Waals surface area contributed by atoms with Crippen molar-refractivity contribution in [1.29, 1.82) is 0 Å². The summed E-state index contributed by atoms with van der Waals surface area (Å²) in [6.07, 6.45) is 4.64. The average Bonchev–Trinajstić information content (AvgIpc) is 2.83. The summed E-state index contributed by atoms with van der Waals surface area (Å²) in [4.78, 5) is 12.2. The summed E-state index contributed by atoms with van der Waals surface area (Å²) in [5, 5.41) is 9.02. The maximum Gasteiger partial charge on any atom is 0.138 e. The molecule has 4 nitrogen and oxygen atoms in total. The maximum absolute atomic E-state index is 12.2. The molecule has 0 aliphatic carbocycles. The number of carbonyl (C=O) groups excluding carboxylic acids is 1. The van der Waals surface area contributed by atoms with Gasteiger partial charge in [0.25, 0.3) is 0 Å². The van der Waals surface area contributed by atoms with E-state index in [2.05, 4.69) is 16.5 Å².